The number of nitrogens with zero attached hydrogens (tertiary/aromatic N) is 5. The van der Waals surface area contributed by atoms with Crippen LogP contribution in [0.2, 0.25) is 0 Å². The fraction of sp³-hybridized carbons (Fsp3) is 0. The Bertz CT molecular complexity index is 2050. The van der Waals surface area contributed by atoms with Gasteiger partial charge in [0, 0.05) is 27.6 Å². The Balaban J connectivity index is 1.41. The summed E-state index contributed by atoms with van der Waals surface area (Å²) in [6.07, 6.45) is 0. The summed E-state index contributed by atoms with van der Waals surface area (Å²) in [5.41, 5.74) is 6.90. The number of aromatic nitrogens is 4. The third-order valence-corrected chi connectivity index (χ3v) is 7.54. The highest BCUT2D eigenvalue weighted by atomic mass is 16.3. The Morgan fingerprint density at radius 2 is 1.10 bits per heavy atom. The highest BCUT2D eigenvalue weighted by Crippen LogP contribution is 2.50. The van der Waals surface area contributed by atoms with Crippen LogP contribution in [0, 0.1) is 0 Å². The molecule has 7 aromatic rings. The molecule has 42 heavy (non-hydrogen) atoms. The van der Waals surface area contributed by atoms with E-state index in [1.54, 1.807) is 6.07 Å². The Morgan fingerprint density at radius 3 is 1.79 bits per heavy atom. The number of fused-ring (bicyclic) bond motifs is 2. The smallest absolute Gasteiger partial charge is 0.238 e. The van der Waals surface area contributed by atoms with E-state index in [-0.39, 0.29) is 5.75 Å². The first-order chi connectivity index (χ1) is 20.7. The predicted octanol–water partition coefficient (Wildman–Crippen LogP) is 8.58. The molecular formula is C36H23N5O. The maximum Gasteiger partial charge on any atom is 0.238 e. The average Bonchev–Trinajstić information content (AvgIpc) is 3.06. The van der Waals surface area contributed by atoms with Gasteiger partial charge in [0.15, 0.2) is 11.6 Å². The summed E-state index contributed by atoms with van der Waals surface area (Å²) in [6.45, 7) is 0. The summed E-state index contributed by atoms with van der Waals surface area (Å²) in [6, 6.07) is 43.7. The summed E-state index contributed by atoms with van der Waals surface area (Å²) in [5.74, 6) is 1.93. The Morgan fingerprint density at radius 1 is 0.500 bits per heavy atom. The Hall–Kier alpha value is -5.88. The standard InChI is InChI=1S/C36H23N5O/c42-31-21-10-8-17-26(31)28-22-25-16-11-20-30-32(25)33(37-28)27-18-7-9-19-29(27)41(30)36-39-34(23-12-3-1-4-13-23)38-35(40-36)24-14-5-2-6-15-24/h1-22,42H. The highest BCUT2D eigenvalue weighted by Gasteiger charge is 2.30. The molecule has 8 rings (SSSR count). The summed E-state index contributed by atoms with van der Waals surface area (Å²) >= 11 is 0. The van der Waals surface area contributed by atoms with Crippen molar-refractivity contribution in [2.75, 3.05) is 4.90 Å². The Labute approximate surface area is 242 Å². The van der Waals surface area contributed by atoms with Crippen molar-refractivity contribution >= 4 is 28.1 Å². The maximum absolute atomic E-state index is 10.6. The number of anilines is 3. The van der Waals surface area contributed by atoms with Gasteiger partial charge in [-0.05, 0) is 35.7 Å². The first-order valence-electron chi connectivity index (χ1n) is 13.7. The number of hydrogen-bond donors (Lipinski definition) is 1. The molecule has 0 unspecified atom stereocenters. The van der Waals surface area contributed by atoms with Crippen LogP contribution in [0.5, 0.6) is 5.75 Å². The van der Waals surface area contributed by atoms with Crippen molar-refractivity contribution in [3.05, 3.63) is 133 Å². The second-order valence-corrected chi connectivity index (χ2v) is 10.1. The molecule has 0 atom stereocenters. The maximum atomic E-state index is 10.6. The largest absolute Gasteiger partial charge is 0.507 e. The lowest BCUT2D eigenvalue weighted by molar-refractivity contribution is 0.477. The molecule has 0 aliphatic carbocycles. The topological polar surface area (TPSA) is 75.0 Å². The zero-order valence-electron chi connectivity index (χ0n) is 22.4. The molecule has 2 aromatic heterocycles. The molecule has 6 nitrogen and oxygen atoms in total. The van der Waals surface area contributed by atoms with Gasteiger partial charge in [-0.3, -0.25) is 4.90 Å². The fourth-order valence-corrected chi connectivity index (χ4v) is 5.61. The van der Waals surface area contributed by atoms with E-state index in [1.165, 1.54) is 0 Å². The number of phenolic OH excluding ortho intramolecular Hbond substituents is 1. The van der Waals surface area contributed by atoms with Gasteiger partial charge in [0.05, 0.1) is 22.8 Å². The molecule has 0 spiro atoms. The minimum Gasteiger partial charge on any atom is -0.507 e. The molecule has 1 N–H and O–H groups in total. The third kappa shape index (κ3) is 3.89. The van der Waals surface area contributed by atoms with Crippen molar-refractivity contribution < 1.29 is 5.11 Å². The van der Waals surface area contributed by atoms with Crippen LogP contribution in [0.15, 0.2) is 133 Å². The van der Waals surface area contributed by atoms with Crippen molar-refractivity contribution in [2.45, 2.75) is 0 Å². The van der Waals surface area contributed by atoms with Crippen LogP contribution in [0.3, 0.4) is 0 Å². The van der Waals surface area contributed by atoms with Gasteiger partial charge in [0.25, 0.3) is 0 Å². The Kier molecular flexibility index (Phi) is 5.50. The molecule has 0 saturated carbocycles. The number of hydrogen-bond acceptors (Lipinski definition) is 6. The van der Waals surface area contributed by atoms with Crippen LogP contribution < -0.4 is 4.90 Å². The summed E-state index contributed by atoms with van der Waals surface area (Å²) in [7, 11) is 0. The second kappa shape index (κ2) is 9.64. The minimum absolute atomic E-state index is 0.200. The van der Waals surface area contributed by atoms with E-state index in [1.807, 2.05) is 103 Å². The van der Waals surface area contributed by atoms with E-state index in [2.05, 4.69) is 29.2 Å². The zero-order valence-corrected chi connectivity index (χ0v) is 22.4. The lowest BCUT2D eigenvalue weighted by atomic mass is 9.94. The zero-order chi connectivity index (χ0) is 28.0. The van der Waals surface area contributed by atoms with E-state index >= 15 is 0 Å². The number of aromatic hydroxyl groups is 1. The minimum atomic E-state index is 0.200. The lowest BCUT2D eigenvalue weighted by Gasteiger charge is -2.31. The third-order valence-electron chi connectivity index (χ3n) is 7.54. The van der Waals surface area contributed by atoms with Gasteiger partial charge >= 0.3 is 0 Å². The summed E-state index contributed by atoms with van der Waals surface area (Å²) in [5, 5.41) is 12.6. The molecule has 0 fully saturated rings. The van der Waals surface area contributed by atoms with E-state index in [0.29, 0.717) is 28.9 Å². The first-order valence-corrected chi connectivity index (χ1v) is 13.7. The lowest BCUT2D eigenvalue weighted by Crippen LogP contribution is -2.19. The van der Waals surface area contributed by atoms with Crippen LogP contribution in [0.25, 0.3) is 56.1 Å². The van der Waals surface area contributed by atoms with Gasteiger partial charge in [-0.2, -0.15) is 9.97 Å². The van der Waals surface area contributed by atoms with E-state index in [9.17, 15) is 5.11 Å². The molecule has 5 aromatic carbocycles. The molecule has 0 amide bonds. The van der Waals surface area contributed by atoms with Crippen LogP contribution >= 0.6 is 0 Å². The normalized spacial score (nSPS) is 11.9. The van der Waals surface area contributed by atoms with Crippen LogP contribution in [0.4, 0.5) is 17.3 Å². The van der Waals surface area contributed by atoms with Crippen molar-refractivity contribution in [1.29, 1.82) is 0 Å². The van der Waals surface area contributed by atoms with Gasteiger partial charge in [0.1, 0.15) is 5.75 Å². The molecule has 6 heteroatoms. The fourth-order valence-electron chi connectivity index (χ4n) is 5.61. The molecule has 1 aliphatic rings. The molecule has 0 bridgehead atoms. The van der Waals surface area contributed by atoms with Crippen LogP contribution in [-0.4, -0.2) is 25.0 Å². The van der Waals surface area contributed by atoms with Crippen molar-refractivity contribution in [3.63, 3.8) is 0 Å². The van der Waals surface area contributed by atoms with Gasteiger partial charge in [-0.15, -0.1) is 0 Å². The number of para-hydroxylation sites is 2. The quantitative estimate of drug-likeness (QED) is 0.241. The highest BCUT2D eigenvalue weighted by molar-refractivity contribution is 6.13. The van der Waals surface area contributed by atoms with Crippen LogP contribution in [-0.2, 0) is 0 Å². The SMILES string of the molecule is Oc1ccccc1-c1cc2cccc3c2c(n1)-c1ccccc1N3c1nc(-c2ccccc2)nc(-c2ccccc2)n1. The van der Waals surface area contributed by atoms with Gasteiger partial charge in [-0.25, -0.2) is 9.97 Å². The summed E-state index contributed by atoms with van der Waals surface area (Å²) in [4.78, 5) is 22.2. The molecular weight excluding hydrogens is 518 g/mol. The second-order valence-electron chi connectivity index (χ2n) is 10.1. The van der Waals surface area contributed by atoms with Crippen LogP contribution in [0.1, 0.15) is 0 Å². The molecule has 1 aliphatic heterocycles. The van der Waals surface area contributed by atoms with E-state index < -0.39 is 0 Å². The first kappa shape index (κ1) is 24.0. The monoisotopic (exact) mass is 541 g/mol. The summed E-state index contributed by atoms with van der Waals surface area (Å²) < 4.78 is 0. The van der Waals surface area contributed by atoms with E-state index in [0.717, 1.165) is 44.5 Å². The van der Waals surface area contributed by atoms with Crippen molar-refractivity contribution in [2.24, 2.45) is 0 Å². The van der Waals surface area contributed by atoms with Gasteiger partial charge in [0.2, 0.25) is 5.95 Å². The molecule has 198 valence electrons. The van der Waals surface area contributed by atoms with Gasteiger partial charge in [-0.1, -0.05) is 103 Å². The molecule has 3 heterocycles. The number of rotatable bonds is 4. The van der Waals surface area contributed by atoms with E-state index in [4.69, 9.17) is 19.9 Å². The number of benzene rings is 5. The molecule has 0 radical (unpaired) electrons. The average molecular weight is 542 g/mol. The van der Waals surface area contributed by atoms with Gasteiger partial charge < -0.3 is 5.11 Å². The van der Waals surface area contributed by atoms with Crippen molar-refractivity contribution in [1.82, 2.24) is 19.9 Å². The number of phenols is 1. The van der Waals surface area contributed by atoms with Crippen molar-refractivity contribution in [3.8, 4) is 51.0 Å². The predicted molar refractivity (Wildman–Crippen MR) is 167 cm³/mol. The number of pyridine rings is 1. The molecule has 0 saturated heterocycles.